The van der Waals surface area contributed by atoms with Crippen molar-refractivity contribution in [2.75, 3.05) is 7.11 Å². The van der Waals surface area contributed by atoms with E-state index in [1.54, 1.807) is 19.2 Å². The van der Waals surface area contributed by atoms with E-state index in [9.17, 15) is 9.59 Å². The average Bonchev–Trinajstić information content (AvgIpc) is 2.87. The van der Waals surface area contributed by atoms with Gasteiger partial charge in [0.05, 0.1) is 18.2 Å². The molecule has 0 amide bonds. The van der Waals surface area contributed by atoms with Gasteiger partial charge in [-0.05, 0) is 141 Å². The van der Waals surface area contributed by atoms with Crippen LogP contribution in [-0.2, 0) is 5.41 Å². The van der Waals surface area contributed by atoms with Gasteiger partial charge >= 0.3 is 11.9 Å². The van der Waals surface area contributed by atoms with Crippen LogP contribution in [0.15, 0.2) is 42.5 Å². The van der Waals surface area contributed by atoms with E-state index in [0.29, 0.717) is 22.6 Å². The molecule has 5 nitrogen and oxygen atoms in total. The third kappa shape index (κ3) is 2.86. The SMILES string of the molecule is COc1ccc(C(=O)Oc2ccc(C(=O)O)cc2)cc1C12CC3CC(C1)C1C4CC5CC(C4)C2C1(C5)C3. The number of carboxylic acids is 1. The standard InChI is InChI=1S/C32H34O5/c1-36-26-7-4-20(30(35)37-24-5-2-19(3-6-24)29(33)34)12-25(26)31-14-18-10-23(16-31)27-21-8-17-9-22(11-21)28(31)32(27,13-17)15-18/h2-7,12,17-18,21-23,27-28H,8-11,13-16H2,1H3,(H,33,34). The molecular formula is C32H34O5. The van der Waals surface area contributed by atoms with Crippen molar-refractivity contribution in [1.82, 2.24) is 0 Å². The van der Waals surface area contributed by atoms with E-state index in [2.05, 4.69) is 6.07 Å². The van der Waals surface area contributed by atoms with Gasteiger partial charge in [0, 0.05) is 11.0 Å². The average molecular weight is 499 g/mol. The lowest BCUT2D eigenvalue weighted by Gasteiger charge is -2.79. The maximum Gasteiger partial charge on any atom is 0.343 e. The van der Waals surface area contributed by atoms with Crippen molar-refractivity contribution in [3.63, 3.8) is 0 Å². The number of rotatable bonds is 5. The fourth-order valence-corrected chi connectivity index (χ4v) is 11.7. The minimum absolute atomic E-state index is 0.102. The molecule has 0 radical (unpaired) electrons. The number of aromatic carboxylic acids is 1. The molecule has 2 aromatic rings. The number of hydrogen-bond donors (Lipinski definition) is 1. The van der Waals surface area contributed by atoms with Crippen LogP contribution < -0.4 is 9.47 Å². The lowest BCUT2D eigenvalue weighted by Crippen LogP contribution is -2.73. The Morgan fingerprint density at radius 2 is 1.57 bits per heavy atom. The second kappa shape index (κ2) is 7.39. The minimum Gasteiger partial charge on any atom is -0.496 e. The highest BCUT2D eigenvalue weighted by Crippen LogP contribution is 2.82. The van der Waals surface area contributed by atoms with Crippen LogP contribution in [0, 0.1) is 46.8 Å². The first-order valence-corrected chi connectivity index (χ1v) is 14.1. The normalized spacial score (nSPS) is 41.6. The Bertz CT molecular complexity index is 1310. The van der Waals surface area contributed by atoms with Gasteiger partial charge in [0.25, 0.3) is 0 Å². The number of hydrogen-bond acceptors (Lipinski definition) is 4. The molecule has 8 fully saturated rings. The van der Waals surface area contributed by atoms with Gasteiger partial charge in [-0.1, -0.05) is 0 Å². The third-order valence-corrected chi connectivity index (χ3v) is 11.8. The van der Waals surface area contributed by atoms with Crippen molar-refractivity contribution in [2.24, 2.45) is 46.8 Å². The van der Waals surface area contributed by atoms with E-state index in [1.165, 1.54) is 69.1 Å². The summed E-state index contributed by atoms with van der Waals surface area (Å²) in [5.41, 5.74) is 2.58. The number of ether oxygens (including phenoxy) is 2. The van der Waals surface area contributed by atoms with Gasteiger partial charge in [0.15, 0.2) is 0 Å². The predicted octanol–water partition coefficient (Wildman–Crippen LogP) is 6.35. The summed E-state index contributed by atoms with van der Waals surface area (Å²) in [7, 11) is 1.76. The summed E-state index contributed by atoms with van der Waals surface area (Å²) in [4.78, 5) is 24.5. The highest BCUT2D eigenvalue weighted by molar-refractivity contribution is 5.92. The molecule has 0 aliphatic heterocycles. The molecule has 8 aliphatic carbocycles. The first kappa shape index (κ1) is 22.2. The Morgan fingerprint density at radius 1 is 0.838 bits per heavy atom. The van der Waals surface area contributed by atoms with E-state index >= 15 is 0 Å². The Kier molecular flexibility index (Phi) is 4.43. The Balaban J connectivity index is 1.19. The van der Waals surface area contributed by atoms with E-state index in [0.717, 1.165) is 41.3 Å². The van der Waals surface area contributed by atoms with Crippen molar-refractivity contribution in [3.05, 3.63) is 59.2 Å². The van der Waals surface area contributed by atoms with Gasteiger partial charge in [0.1, 0.15) is 11.5 Å². The molecule has 10 rings (SSSR count). The minimum atomic E-state index is -1.00. The summed E-state index contributed by atoms with van der Waals surface area (Å²) in [6.45, 7) is 0. The molecule has 8 aliphatic rings. The maximum atomic E-state index is 13.3. The van der Waals surface area contributed by atoms with Gasteiger partial charge in [-0.3, -0.25) is 0 Å². The molecular weight excluding hydrogens is 464 g/mol. The summed E-state index contributed by atoms with van der Waals surface area (Å²) >= 11 is 0. The first-order chi connectivity index (χ1) is 17.9. The molecule has 9 atom stereocenters. The van der Waals surface area contributed by atoms with Gasteiger partial charge in [-0.25, -0.2) is 9.59 Å². The molecule has 9 unspecified atom stereocenters. The van der Waals surface area contributed by atoms with Crippen LogP contribution in [0.25, 0.3) is 0 Å². The van der Waals surface area contributed by atoms with Crippen LogP contribution in [0.4, 0.5) is 0 Å². The lowest BCUT2D eigenvalue weighted by atomic mass is 9.25. The molecule has 192 valence electrons. The highest BCUT2D eigenvalue weighted by atomic mass is 16.5. The summed E-state index contributed by atoms with van der Waals surface area (Å²) < 4.78 is 11.7. The third-order valence-electron chi connectivity index (χ3n) is 11.8. The number of carboxylic acid groups (broad SMARTS) is 1. The molecule has 37 heavy (non-hydrogen) atoms. The first-order valence-electron chi connectivity index (χ1n) is 14.1. The number of carbonyl (C=O) groups is 2. The van der Waals surface area contributed by atoms with Gasteiger partial charge in [0.2, 0.25) is 0 Å². The van der Waals surface area contributed by atoms with Crippen LogP contribution in [0.5, 0.6) is 11.5 Å². The smallest absolute Gasteiger partial charge is 0.343 e. The van der Waals surface area contributed by atoms with Crippen LogP contribution in [0.3, 0.4) is 0 Å². The lowest BCUT2D eigenvalue weighted by molar-refractivity contribution is -0.286. The fourth-order valence-electron chi connectivity index (χ4n) is 11.7. The van der Waals surface area contributed by atoms with E-state index in [1.807, 2.05) is 12.1 Å². The fraction of sp³-hybridized carbons (Fsp3) is 0.562. The highest BCUT2D eigenvalue weighted by Gasteiger charge is 2.75. The molecule has 8 saturated carbocycles. The number of carbonyl (C=O) groups excluding carboxylic acids is 1. The zero-order chi connectivity index (χ0) is 25.1. The van der Waals surface area contributed by atoms with Crippen molar-refractivity contribution >= 4 is 11.9 Å². The number of benzene rings is 2. The quantitative estimate of drug-likeness (QED) is 0.384. The molecule has 5 heteroatoms. The molecule has 1 spiro atoms. The van der Waals surface area contributed by atoms with Crippen LogP contribution >= 0.6 is 0 Å². The van der Waals surface area contributed by atoms with Crippen molar-refractivity contribution in [1.29, 1.82) is 0 Å². The molecule has 1 N–H and O–H groups in total. The molecule has 2 aromatic carbocycles. The zero-order valence-corrected chi connectivity index (χ0v) is 21.3. The van der Waals surface area contributed by atoms with Crippen molar-refractivity contribution in [3.8, 4) is 11.5 Å². The van der Waals surface area contributed by atoms with Gasteiger partial charge in [-0.15, -0.1) is 0 Å². The monoisotopic (exact) mass is 498 g/mol. The Labute approximate surface area is 217 Å². The van der Waals surface area contributed by atoms with E-state index in [4.69, 9.17) is 14.6 Å². The van der Waals surface area contributed by atoms with Crippen LogP contribution in [0.2, 0.25) is 0 Å². The zero-order valence-electron chi connectivity index (χ0n) is 21.3. The summed E-state index contributed by atoms with van der Waals surface area (Å²) in [6.07, 6.45) is 11.1. The van der Waals surface area contributed by atoms with E-state index in [-0.39, 0.29) is 11.0 Å². The molecule has 9 bridgehead atoms. The molecule has 0 aromatic heterocycles. The van der Waals surface area contributed by atoms with E-state index < -0.39 is 11.9 Å². The van der Waals surface area contributed by atoms with Crippen LogP contribution in [-0.4, -0.2) is 24.2 Å². The molecule has 0 heterocycles. The Morgan fingerprint density at radius 3 is 2.35 bits per heavy atom. The van der Waals surface area contributed by atoms with Crippen LogP contribution in [0.1, 0.15) is 77.6 Å². The topological polar surface area (TPSA) is 72.8 Å². The number of methoxy groups -OCH3 is 1. The second-order valence-electron chi connectivity index (χ2n) is 13.3. The largest absolute Gasteiger partial charge is 0.496 e. The Hall–Kier alpha value is -2.82. The maximum absolute atomic E-state index is 13.3. The van der Waals surface area contributed by atoms with Crippen molar-refractivity contribution < 1.29 is 24.2 Å². The van der Waals surface area contributed by atoms with Gasteiger partial charge in [-0.2, -0.15) is 0 Å². The summed E-state index contributed by atoms with van der Waals surface area (Å²) in [6, 6.07) is 11.9. The number of esters is 1. The summed E-state index contributed by atoms with van der Waals surface area (Å²) in [5.74, 6) is 5.87. The second-order valence-corrected chi connectivity index (χ2v) is 13.3. The van der Waals surface area contributed by atoms with Crippen molar-refractivity contribution in [2.45, 2.75) is 56.8 Å². The summed E-state index contributed by atoms with van der Waals surface area (Å²) in [5, 5.41) is 9.15. The van der Waals surface area contributed by atoms with Gasteiger partial charge < -0.3 is 14.6 Å². The molecule has 0 saturated heterocycles. The predicted molar refractivity (Wildman–Crippen MR) is 137 cm³/mol.